The molecule has 0 aromatic carbocycles. The van der Waals surface area contributed by atoms with Crippen LogP contribution in [0.2, 0.25) is 0 Å². The molecule has 0 spiro atoms. The first kappa shape index (κ1) is 9.76. The van der Waals surface area contributed by atoms with E-state index < -0.39 is 0 Å². The lowest BCUT2D eigenvalue weighted by Gasteiger charge is -2.12. The van der Waals surface area contributed by atoms with Gasteiger partial charge in [0, 0.05) is 17.8 Å². The van der Waals surface area contributed by atoms with Crippen molar-refractivity contribution >= 4 is 0 Å². The number of nitrogens with zero attached hydrogens (tertiary/aromatic N) is 4. The predicted octanol–water partition coefficient (Wildman–Crippen LogP) is 1.56. The summed E-state index contributed by atoms with van der Waals surface area (Å²) >= 11 is 0. The molecule has 2 rings (SSSR count). The fraction of sp³-hybridized carbons (Fsp3) is 0.400. The van der Waals surface area contributed by atoms with Gasteiger partial charge < -0.3 is 0 Å². The van der Waals surface area contributed by atoms with Crippen molar-refractivity contribution < 1.29 is 0 Å². The van der Waals surface area contributed by atoms with Crippen molar-refractivity contribution in [2.45, 2.75) is 26.2 Å². The van der Waals surface area contributed by atoms with Gasteiger partial charge in [0.2, 0.25) is 5.82 Å². The lowest BCUT2D eigenvalue weighted by molar-refractivity contribution is 0.548. The van der Waals surface area contributed by atoms with Gasteiger partial charge in [-0.1, -0.05) is 20.8 Å². The van der Waals surface area contributed by atoms with E-state index in [1.807, 2.05) is 0 Å². The summed E-state index contributed by atoms with van der Waals surface area (Å²) in [5.74, 6) is 1.93. The summed E-state index contributed by atoms with van der Waals surface area (Å²) < 4.78 is 0. The van der Waals surface area contributed by atoms with Crippen LogP contribution >= 0.6 is 0 Å². The van der Waals surface area contributed by atoms with Crippen LogP contribution in [0.4, 0.5) is 0 Å². The molecule has 2 heterocycles. The van der Waals surface area contributed by atoms with Crippen LogP contribution in [0.1, 0.15) is 26.6 Å². The van der Waals surface area contributed by atoms with Gasteiger partial charge in [-0.2, -0.15) is 0 Å². The third kappa shape index (κ3) is 2.01. The third-order valence-corrected chi connectivity index (χ3v) is 1.96. The largest absolute Gasteiger partial charge is 0.262 e. The summed E-state index contributed by atoms with van der Waals surface area (Å²) in [6.07, 6.45) is 3.35. The van der Waals surface area contributed by atoms with E-state index in [4.69, 9.17) is 0 Å². The molecule has 5 nitrogen and oxygen atoms in total. The highest BCUT2D eigenvalue weighted by molar-refractivity contribution is 5.41. The van der Waals surface area contributed by atoms with Crippen molar-refractivity contribution in [3.63, 3.8) is 0 Å². The number of nitrogens with one attached hydrogen (secondary N) is 1. The molecule has 0 atom stereocenters. The predicted molar refractivity (Wildman–Crippen MR) is 56.1 cm³/mol. The molecular weight excluding hydrogens is 190 g/mol. The van der Waals surface area contributed by atoms with E-state index in [1.165, 1.54) is 0 Å². The van der Waals surface area contributed by atoms with E-state index in [0.717, 1.165) is 5.82 Å². The second kappa shape index (κ2) is 3.42. The highest BCUT2D eigenvalue weighted by atomic mass is 15.2. The van der Waals surface area contributed by atoms with Crippen molar-refractivity contribution in [3.8, 4) is 11.6 Å². The zero-order valence-electron chi connectivity index (χ0n) is 9.02. The molecule has 15 heavy (non-hydrogen) atoms. The minimum Gasteiger partial charge on any atom is -0.262 e. The van der Waals surface area contributed by atoms with Crippen LogP contribution in [0, 0.1) is 0 Å². The fourth-order valence-electron chi connectivity index (χ4n) is 1.11. The fourth-order valence-corrected chi connectivity index (χ4v) is 1.11. The van der Waals surface area contributed by atoms with Gasteiger partial charge in [-0.15, -0.1) is 5.10 Å². The van der Waals surface area contributed by atoms with E-state index in [1.54, 1.807) is 18.5 Å². The Balaban J connectivity index is 2.37. The van der Waals surface area contributed by atoms with Crippen LogP contribution in [0.25, 0.3) is 11.6 Å². The molecule has 0 aliphatic carbocycles. The molecule has 0 aliphatic rings. The topological polar surface area (TPSA) is 67.3 Å². The van der Waals surface area contributed by atoms with Gasteiger partial charge in [0.25, 0.3) is 0 Å². The highest BCUT2D eigenvalue weighted by Gasteiger charge is 2.19. The second-order valence-corrected chi connectivity index (χ2v) is 4.33. The van der Waals surface area contributed by atoms with E-state index in [-0.39, 0.29) is 5.41 Å². The Morgan fingerprint density at radius 3 is 2.27 bits per heavy atom. The molecular formula is C10H13N5. The van der Waals surface area contributed by atoms with E-state index in [0.29, 0.717) is 11.6 Å². The molecule has 2 aromatic rings. The number of aromatic nitrogens is 5. The van der Waals surface area contributed by atoms with Crippen LogP contribution in [0.3, 0.4) is 0 Å². The first-order chi connectivity index (χ1) is 7.07. The zero-order chi connectivity index (χ0) is 10.9. The average Bonchev–Trinajstić information content (AvgIpc) is 2.67. The molecule has 0 fully saturated rings. The van der Waals surface area contributed by atoms with Crippen LogP contribution in [0.5, 0.6) is 0 Å². The van der Waals surface area contributed by atoms with Gasteiger partial charge in [-0.25, -0.2) is 15.0 Å². The molecule has 2 aromatic heterocycles. The monoisotopic (exact) mass is 203 g/mol. The minimum atomic E-state index is -0.0416. The lowest BCUT2D eigenvalue weighted by atomic mass is 9.96. The van der Waals surface area contributed by atoms with Gasteiger partial charge >= 0.3 is 0 Å². The second-order valence-electron chi connectivity index (χ2n) is 4.33. The smallest absolute Gasteiger partial charge is 0.219 e. The Labute approximate surface area is 88.0 Å². The molecule has 0 amide bonds. The number of H-pyrrole nitrogens is 1. The van der Waals surface area contributed by atoms with Crippen molar-refractivity contribution in [3.05, 3.63) is 24.3 Å². The zero-order valence-corrected chi connectivity index (χ0v) is 9.02. The molecule has 0 bridgehead atoms. The molecule has 0 saturated heterocycles. The van der Waals surface area contributed by atoms with Crippen LogP contribution in [-0.4, -0.2) is 25.1 Å². The molecule has 0 saturated carbocycles. The van der Waals surface area contributed by atoms with E-state index >= 15 is 0 Å². The van der Waals surface area contributed by atoms with E-state index in [9.17, 15) is 0 Å². The minimum absolute atomic E-state index is 0.0416. The first-order valence-corrected chi connectivity index (χ1v) is 4.77. The number of hydrogen-bond donors (Lipinski definition) is 1. The molecule has 78 valence electrons. The summed E-state index contributed by atoms with van der Waals surface area (Å²) in [7, 11) is 0. The maximum absolute atomic E-state index is 4.36. The van der Waals surface area contributed by atoms with Crippen LogP contribution in [0.15, 0.2) is 18.5 Å². The number of aromatic amines is 1. The Kier molecular flexibility index (Phi) is 2.22. The normalized spacial score (nSPS) is 11.7. The standard InChI is InChI=1S/C10H13N5/c1-10(2,3)9-13-8(14-15-9)7-11-5-4-6-12-7/h4-6H,1-3H3,(H,13,14,15). The van der Waals surface area contributed by atoms with Crippen LogP contribution in [-0.2, 0) is 5.41 Å². The van der Waals surface area contributed by atoms with Crippen molar-refractivity contribution in [1.82, 2.24) is 25.1 Å². The summed E-state index contributed by atoms with van der Waals surface area (Å²) in [5, 5.41) is 6.99. The van der Waals surface area contributed by atoms with Gasteiger partial charge in [-0.05, 0) is 6.07 Å². The van der Waals surface area contributed by atoms with Gasteiger partial charge in [-0.3, -0.25) is 5.10 Å². The van der Waals surface area contributed by atoms with Gasteiger partial charge in [0.1, 0.15) is 5.82 Å². The summed E-state index contributed by atoms with van der Waals surface area (Å²) in [5.41, 5.74) is -0.0416. The summed E-state index contributed by atoms with van der Waals surface area (Å²) in [6.45, 7) is 6.22. The van der Waals surface area contributed by atoms with Gasteiger partial charge in [0.05, 0.1) is 0 Å². The molecule has 1 N–H and O–H groups in total. The third-order valence-electron chi connectivity index (χ3n) is 1.96. The number of hydrogen-bond acceptors (Lipinski definition) is 4. The van der Waals surface area contributed by atoms with E-state index in [2.05, 4.69) is 45.9 Å². The molecule has 0 aliphatic heterocycles. The lowest BCUT2D eigenvalue weighted by Crippen LogP contribution is -2.13. The first-order valence-electron chi connectivity index (χ1n) is 4.77. The summed E-state index contributed by atoms with van der Waals surface area (Å²) in [4.78, 5) is 12.5. The molecule has 5 heteroatoms. The van der Waals surface area contributed by atoms with Crippen molar-refractivity contribution in [1.29, 1.82) is 0 Å². The summed E-state index contributed by atoms with van der Waals surface area (Å²) in [6, 6.07) is 1.76. The Morgan fingerprint density at radius 1 is 1.07 bits per heavy atom. The maximum atomic E-state index is 4.36. The number of rotatable bonds is 1. The average molecular weight is 203 g/mol. The highest BCUT2D eigenvalue weighted by Crippen LogP contribution is 2.19. The Morgan fingerprint density at radius 2 is 1.73 bits per heavy atom. The van der Waals surface area contributed by atoms with Crippen molar-refractivity contribution in [2.24, 2.45) is 0 Å². The van der Waals surface area contributed by atoms with Gasteiger partial charge in [0.15, 0.2) is 5.82 Å². The van der Waals surface area contributed by atoms with Crippen LogP contribution < -0.4 is 0 Å². The molecule has 0 unspecified atom stereocenters. The SMILES string of the molecule is CC(C)(C)c1nc(-c2ncccn2)n[nH]1. The van der Waals surface area contributed by atoms with Crippen molar-refractivity contribution in [2.75, 3.05) is 0 Å². The Hall–Kier alpha value is -1.78. The molecule has 0 radical (unpaired) electrons. The Bertz CT molecular complexity index is 440. The quantitative estimate of drug-likeness (QED) is 0.763. The maximum Gasteiger partial charge on any atom is 0.219 e.